The van der Waals surface area contributed by atoms with Gasteiger partial charge in [0.15, 0.2) is 0 Å². The highest BCUT2D eigenvalue weighted by molar-refractivity contribution is 6.32. The molecule has 0 bridgehead atoms. The quantitative estimate of drug-likeness (QED) is 0.335. The Balaban J connectivity index is 2.18. The lowest BCUT2D eigenvalue weighted by Crippen LogP contribution is -2.25. The minimum absolute atomic E-state index is 0.126. The highest BCUT2D eigenvalue weighted by Gasteiger charge is 2.26. The molecule has 3 aromatic rings. The van der Waals surface area contributed by atoms with E-state index < -0.39 is 0 Å². The van der Waals surface area contributed by atoms with Crippen LogP contribution < -0.4 is 9.64 Å². The first-order valence-corrected chi connectivity index (χ1v) is 12.7. The second-order valence-corrected chi connectivity index (χ2v) is 9.66. The van der Waals surface area contributed by atoms with Crippen molar-refractivity contribution >= 4 is 28.9 Å². The first-order valence-electron chi connectivity index (χ1n) is 12.3. The van der Waals surface area contributed by atoms with Gasteiger partial charge in [0.1, 0.15) is 23.6 Å². The standard InChI is InChI=1S/C29H36ClN5O2/c1-10-17(3)25-19(5)32-16-33-28(25)35(9)20(6)22-14-23(30)18(4)26(27(22)37-11-2)21-12-13-24(31-15-21)29(36)34(7)8/h10,12-16,20H,11H2,1-9H3. The summed E-state index contributed by atoms with van der Waals surface area (Å²) in [6.45, 7) is 12.6. The highest BCUT2D eigenvalue weighted by atomic mass is 35.5. The normalized spacial score (nSPS) is 12.3. The minimum Gasteiger partial charge on any atom is -0.493 e. The molecule has 1 amide bonds. The number of nitrogens with zero attached hydrogens (tertiary/aromatic N) is 5. The number of halogens is 1. The molecule has 8 heteroatoms. The third-order valence-electron chi connectivity index (χ3n) is 6.68. The van der Waals surface area contributed by atoms with E-state index in [1.165, 1.54) is 4.90 Å². The average Bonchev–Trinajstić information content (AvgIpc) is 2.89. The summed E-state index contributed by atoms with van der Waals surface area (Å²) in [6, 6.07) is 5.47. The van der Waals surface area contributed by atoms with Crippen molar-refractivity contribution in [2.24, 2.45) is 0 Å². The van der Waals surface area contributed by atoms with Crippen molar-refractivity contribution in [1.29, 1.82) is 0 Å². The molecule has 3 rings (SSSR count). The third-order valence-corrected chi connectivity index (χ3v) is 7.07. The zero-order valence-corrected chi connectivity index (χ0v) is 23.9. The van der Waals surface area contributed by atoms with Gasteiger partial charge in [-0.25, -0.2) is 9.97 Å². The van der Waals surface area contributed by atoms with Gasteiger partial charge in [0.2, 0.25) is 0 Å². The Morgan fingerprint density at radius 3 is 2.43 bits per heavy atom. The molecule has 37 heavy (non-hydrogen) atoms. The molecule has 2 heterocycles. The van der Waals surface area contributed by atoms with Gasteiger partial charge < -0.3 is 14.5 Å². The van der Waals surface area contributed by atoms with Crippen molar-refractivity contribution in [1.82, 2.24) is 19.9 Å². The van der Waals surface area contributed by atoms with Crippen LogP contribution in [0, 0.1) is 13.8 Å². The maximum absolute atomic E-state index is 12.4. The van der Waals surface area contributed by atoms with E-state index in [1.807, 2.05) is 46.9 Å². The summed E-state index contributed by atoms with van der Waals surface area (Å²) in [6.07, 6.45) is 5.37. The van der Waals surface area contributed by atoms with Gasteiger partial charge in [-0.15, -0.1) is 0 Å². The summed E-state index contributed by atoms with van der Waals surface area (Å²) in [4.78, 5) is 29.5. The van der Waals surface area contributed by atoms with Crippen LogP contribution in [0.1, 0.15) is 66.6 Å². The van der Waals surface area contributed by atoms with E-state index in [1.54, 1.807) is 32.7 Å². The highest BCUT2D eigenvalue weighted by Crippen LogP contribution is 2.44. The van der Waals surface area contributed by atoms with Crippen LogP contribution in [0.3, 0.4) is 0 Å². The van der Waals surface area contributed by atoms with Crippen molar-refractivity contribution in [2.75, 3.05) is 32.6 Å². The largest absolute Gasteiger partial charge is 0.493 e. The molecule has 1 unspecified atom stereocenters. The van der Waals surface area contributed by atoms with E-state index in [-0.39, 0.29) is 11.9 Å². The zero-order valence-electron chi connectivity index (χ0n) is 23.2. The van der Waals surface area contributed by atoms with Gasteiger partial charge >= 0.3 is 0 Å². The Bertz CT molecular complexity index is 1320. The molecule has 1 aromatic carbocycles. The number of amides is 1. The summed E-state index contributed by atoms with van der Waals surface area (Å²) < 4.78 is 6.27. The molecule has 0 fully saturated rings. The Hall–Kier alpha value is -3.45. The number of hydrogen-bond donors (Lipinski definition) is 0. The van der Waals surface area contributed by atoms with Crippen LogP contribution >= 0.6 is 11.6 Å². The Kier molecular flexibility index (Phi) is 8.92. The molecule has 0 spiro atoms. The lowest BCUT2D eigenvalue weighted by Gasteiger charge is -2.31. The molecule has 0 aliphatic rings. The van der Waals surface area contributed by atoms with Crippen LogP contribution in [0.25, 0.3) is 16.7 Å². The van der Waals surface area contributed by atoms with E-state index in [4.69, 9.17) is 16.3 Å². The van der Waals surface area contributed by atoms with Gasteiger partial charge in [-0.05, 0) is 64.8 Å². The molecule has 0 radical (unpaired) electrons. The summed E-state index contributed by atoms with van der Waals surface area (Å²) in [5.41, 5.74) is 6.95. The van der Waals surface area contributed by atoms with E-state index in [2.05, 4.69) is 39.8 Å². The molecule has 0 aliphatic heterocycles. The van der Waals surface area contributed by atoms with Crippen LogP contribution in [0.15, 0.2) is 36.8 Å². The molecule has 0 N–H and O–H groups in total. The van der Waals surface area contributed by atoms with Crippen molar-refractivity contribution in [3.05, 3.63) is 69.9 Å². The number of ether oxygens (including phenoxy) is 1. The number of aryl methyl sites for hydroxylation is 1. The SMILES string of the molecule is CC=C(C)c1c(C)ncnc1N(C)C(C)c1cc(Cl)c(C)c(-c2ccc(C(=O)N(C)C)nc2)c1OCC. The number of benzene rings is 1. The monoisotopic (exact) mass is 521 g/mol. The number of hydrogen-bond acceptors (Lipinski definition) is 6. The minimum atomic E-state index is -0.150. The third kappa shape index (κ3) is 5.62. The summed E-state index contributed by atoms with van der Waals surface area (Å²) in [7, 11) is 5.43. The van der Waals surface area contributed by atoms with Crippen LogP contribution in [-0.2, 0) is 0 Å². The second-order valence-electron chi connectivity index (χ2n) is 9.26. The summed E-state index contributed by atoms with van der Waals surface area (Å²) in [5, 5.41) is 0.630. The molecule has 7 nitrogen and oxygen atoms in total. The number of rotatable bonds is 8. The number of allylic oxidation sites excluding steroid dienone is 2. The van der Waals surface area contributed by atoms with Crippen LogP contribution in [0.5, 0.6) is 5.75 Å². The molecular weight excluding hydrogens is 486 g/mol. The number of pyridine rings is 1. The number of aromatic nitrogens is 3. The van der Waals surface area contributed by atoms with Crippen LogP contribution in [-0.4, -0.2) is 53.5 Å². The summed E-state index contributed by atoms with van der Waals surface area (Å²) in [5.74, 6) is 1.43. The smallest absolute Gasteiger partial charge is 0.271 e. The first-order chi connectivity index (χ1) is 17.5. The predicted octanol–water partition coefficient (Wildman–Crippen LogP) is 6.53. The predicted molar refractivity (Wildman–Crippen MR) is 152 cm³/mol. The van der Waals surface area contributed by atoms with Crippen LogP contribution in [0.4, 0.5) is 5.82 Å². The van der Waals surface area contributed by atoms with E-state index in [0.717, 1.165) is 50.7 Å². The molecule has 2 aromatic heterocycles. The summed E-state index contributed by atoms with van der Waals surface area (Å²) >= 11 is 6.80. The molecule has 196 valence electrons. The van der Waals surface area contributed by atoms with Crippen molar-refractivity contribution < 1.29 is 9.53 Å². The van der Waals surface area contributed by atoms with E-state index in [9.17, 15) is 4.79 Å². The van der Waals surface area contributed by atoms with Gasteiger partial charge in [-0.2, -0.15) is 0 Å². The van der Waals surface area contributed by atoms with E-state index in [0.29, 0.717) is 17.3 Å². The van der Waals surface area contributed by atoms with Crippen molar-refractivity contribution in [3.8, 4) is 16.9 Å². The lowest BCUT2D eigenvalue weighted by molar-refractivity contribution is 0.0822. The van der Waals surface area contributed by atoms with Gasteiger partial charge in [-0.1, -0.05) is 23.7 Å². The maximum atomic E-state index is 12.4. The number of anilines is 1. The van der Waals surface area contributed by atoms with E-state index >= 15 is 0 Å². The van der Waals surface area contributed by atoms with Gasteiger partial charge in [0, 0.05) is 54.6 Å². The van der Waals surface area contributed by atoms with Gasteiger partial charge in [-0.3, -0.25) is 9.78 Å². The van der Waals surface area contributed by atoms with Crippen molar-refractivity contribution in [3.63, 3.8) is 0 Å². The fourth-order valence-corrected chi connectivity index (χ4v) is 4.54. The molecule has 0 saturated carbocycles. The Labute approximate surface area is 225 Å². The molecular formula is C29H36ClN5O2. The lowest BCUT2D eigenvalue weighted by atomic mass is 9.93. The fourth-order valence-electron chi connectivity index (χ4n) is 4.33. The second kappa shape index (κ2) is 11.7. The molecule has 0 saturated heterocycles. The zero-order chi connectivity index (χ0) is 27.4. The van der Waals surface area contributed by atoms with Crippen molar-refractivity contribution in [2.45, 2.75) is 47.6 Å². The topological polar surface area (TPSA) is 71.5 Å². The average molecular weight is 522 g/mol. The number of carbonyl (C=O) groups is 1. The Morgan fingerprint density at radius 2 is 1.86 bits per heavy atom. The molecule has 0 aliphatic carbocycles. The maximum Gasteiger partial charge on any atom is 0.271 e. The van der Waals surface area contributed by atoms with Gasteiger partial charge in [0.25, 0.3) is 5.91 Å². The number of carbonyl (C=O) groups excluding carboxylic acids is 1. The van der Waals surface area contributed by atoms with Crippen LogP contribution in [0.2, 0.25) is 5.02 Å². The fraction of sp³-hybridized carbons (Fsp3) is 0.379. The van der Waals surface area contributed by atoms with Gasteiger partial charge in [0.05, 0.1) is 18.3 Å². The molecule has 1 atom stereocenters. The Morgan fingerprint density at radius 1 is 1.16 bits per heavy atom. The first kappa shape index (κ1) is 28.1.